The Hall–Kier alpha value is -0.603. The van der Waals surface area contributed by atoms with Crippen LogP contribution in [-0.4, -0.2) is 25.7 Å². The minimum atomic E-state index is -1.11. The van der Waals surface area contributed by atoms with Gasteiger partial charge in [0.1, 0.15) is 0 Å². The summed E-state index contributed by atoms with van der Waals surface area (Å²) in [5, 5.41) is 0. The summed E-state index contributed by atoms with van der Waals surface area (Å²) in [7, 11) is 1.18. The van der Waals surface area contributed by atoms with Gasteiger partial charge in [0.15, 0.2) is 0 Å². The molecule has 0 spiro atoms. The Balaban J connectivity index is 2.67. The molecule has 1 atom stereocenters. The zero-order valence-electron chi connectivity index (χ0n) is 12.7. The lowest BCUT2D eigenvalue weighted by molar-refractivity contribution is 0.275. The zero-order valence-corrected chi connectivity index (χ0v) is 13.7. The summed E-state index contributed by atoms with van der Waals surface area (Å²) < 4.78 is 0. The number of unbranched alkanes of at least 4 members (excludes halogenated alkanes) is 1. The van der Waals surface area contributed by atoms with Crippen LogP contribution in [0.2, 0.25) is 19.6 Å². The van der Waals surface area contributed by atoms with E-state index in [1.165, 1.54) is 24.8 Å². The Morgan fingerprint density at radius 1 is 1.11 bits per heavy atom. The first kappa shape index (κ1) is 15.5. The Morgan fingerprint density at radius 2 is 1.72 bits per heavy atom. The van der Waals surface area contributed by atoms with Gasteiger partial charge in [-0.1, -0.05) is 69.7 Å². The first-order valence-corrected chi connectivity index (χ1v) is 10.8. The summed E-state index contributed by atoms with van der Waals surface area (Å²) in [5.41, 5.74) is 2.22. The summed E-state index contributed by atoms with van der Waals surface area (Å²) in [6.07, 6.45) is 4.02. The largest absolute Gasteiger partial charge is 0.302 e. The van der Waals surface area contributed by atoms with Crippen LogP contribution >= 0.6 is 0 Å². The molecule has 102 valence electrons. The lowest BCUT2D eigenvalue weighted by atomic mass is 10.2. The molecule has 1 unspecified atom stereocenters. The van der Waals surface area contributed by atoms with Gasteiger partial charge >= 0.3 is 0 Å². The fraction of sp³-hybridized carbons (Fsp3) is 0.625. The molecule has 2 heteroatoms. The van der Waals surface area contributed by atoms with Gasteiger partial charge in [0, 0.05) is 12.2 Å². The average Bonchev–Trinajstić information content (AvgIpc) is 2.29. The molecule has 0 saturated heterocycles. The number of rotatable bonds is 7. The van der Waals surface area contributed by atoms with Crippen LogP contribution in [0.5, 0.6) is 0 Å². The van der Waals surface area contributed by atoms with E-state index in [1.807, 2.05) is 0 Å². The fourth-order valence-electron chi connectivity index (χ4n) is 2.69. The van der Waals surface area contributed by atoms with Crippen LogP contribution in [0.15, 0.2) is 30.3 Å². The molecule has 1 aromatic rings. The van der Waals surface area contributed by atoms with Gasteiger partial charge in [0.05, 0.1) is 8.07 Å². The van der Waals surface area contributed by atoms with Crippen molar-refractivity contribution >= 4 is 8.07 Å². The van der Waals surface area contributed by atoms with Gasteiger partial charge in [-0.3, -0.25) is 0 Å². The second-order valence-corrected chi connectivity index (χ2v) is 11.8. The van der Waals surface area contributed by atoms with Crippen molar-refractivity contribution in [2.45, 2.75) is 58.0 Å². The highest BCUT2D eigenvalue weighted by atomic mass is 28.3. The molecule has 0 fully saturated rings. The van der Waals surface area contributed by atoms with Crippen molar-refractivity contribution in [3.63, 3.8) is 0 Å². The number of nitrogens with zero attached hydrogens (tertiary/aromatic N) is 1. The summed E-state index contributed by atoms with van der Waals surface area (Å²) >= 11 is 0. The fourth-order valence-corrected chi connectivity index (χ4v) is 5.18. The number of hydrogen-bond acceptors (Lipinski definition) is 1. The molecule has 0 aliphatic carbocycles. The molecule has 1 nitrogen and oxygen atoms in total. The normalized spacial score (nSPS) is 13.9. The molecule has 0 aliphatic rings. The van der Waals surface area contributed by atoms with Gasteiger partial charge in [0.2, 0.25) is 0 Å². The number of benzene rings is 1. The smallest absolute Gasteiger partial charge is 0.0638 e. The summed E-state index contributed by atoms with van der Waals surface area (Å²) in [6.45, 7) is 10.9. The maximum absolute atomic E-state index is 2.58. The predicted octanol–water partition coefficient (Wildman–Crippen LogP) is 4.55. The van der Waals surface area contributed by atoms with Crippen molar-refractivity contribution in [1.82, 2.24) is 4.90 Å². The van der Waals surface area contributed by atoms with Crippen molar-refractivity contribution in [1.29, 1.82) is 0 Å². The molecule has 0 amide bonds. The molecule has 1 rings (SSSR count). The lowest BCUT2D eigenvalue weighted by Gasteiger charge is -2.37. The first-order chi connectivity index (χ1) is 8.45. The van der Waals surface area contributed by atoms with Crippen molar-refractivity contribution in [3.8, 4) is 0 Å². The van der Waals surface area contributed by atoms with E-state index in [9.17, 15) is 0 Å². The Labute approximate surface area is 114 Å². The molecule has 0 saturated carbocycles. The van der Waals surface area contributed by atoms with E-state index in [2.05, 4.69) is 68.8 Å². The second kappa shape index (κ2) is 7.10. The molecule has 0 N–H and O–H groups in total. The average molecular weight is 264 g/mol. The SMILES string of the molecule is CCCCC(N(C)Cc1ccccc1)[Si](C)(C)C. The molecule has 0 radical (unpaired) electrons. The lowest BCUT2D eigenvalue weighted by Crippen LogP contribution is -2.49. The standard InChI is InChI=1S/C16H29NSi/c1-6-7-13-16(18(3,4)5)17(2)14-15-11-9-8-10-12-15/h8-12,16H,6-7,13-14H2,1-5H3. The van der Waals surface area contributed by atoms with Gasteiger partial charge in [-0.05, 0) is 19.0 Å². The van der Waals surface area contributed by atoms with E-state index < -0.39 is 8.07 Å². The number of hydrogen-bond donors (Lipinski definition) is 0. The zero-order chi connectivity index (χ0) is 13.6. The Morgan fingerprint density at radius 3 is 2.22 bits per heavy atom. The van der Waals surface area contributed by atoms with Crippen LogP contribution in [0.3, 0.4) is 0 Å². The van der Waals surface area contributed by atoms with E-state index in [-0.39, 0.29) is 0 Å². The van der Waals surface area contributed by atoms with Crippen molar-refractivity contribution < 1.29 is 0 Å². The third kappa shape index (κ3) is 4.95. The third-order valence-corrected chi connectivity index (χ3v) is 6.37. The first-order valence-electron chi connectivity index (χ1n) is 7.19. The van der Waals surface area contributed by atoms with Crippen LogP contribution < -0.4 is 0 Å². The molecule has 1 aromatic carbocycles. The molecule has 0 aromatic heterocycles. The summed E-state index contributed by atoms with van der Waals surface area (Å²) in [5.74, 6) is 0. The maximum Gasteiger partial charge on any atom is 0.0638 e. The quantitative estimate of drug-likeness (QED) is 0.652. The topological polar surface area (TPSA) is 3.24 Å². The minimum absolute atomic E-state index is 0.789. The van der Waals surface area contributed by atoms with Gasteiger partial charge in [0.25, 0.3) is 0 Å². The van der Waals surface area contributed by atoms with Crippen LogP contribution in [0.4, 0.5) is 0 Å². The summed E-state index contributed by atoms with van der Waals surface area (Å²) in [6, 6.07) is 10.8. The van der Waals surface area contributed by atoms with Gasteiger partial charge in [-0.15, -0.1) is 0 Å². The van der Waals surface area contributed by atoms with Crippen LogP contribution in [-0.2, 0) is 6.54 Å². The van der Waals surface area contributed by atoms with Crippen molar-refractivity contribution in [2.75, 3.05) is 7.05 Å². The van der Waals surface area contributed by atoms with Gasteiger partial charge < -0.3 is 4.90 Å². The second-order valence-electron chi connectivity index (χ2n) is 6.42. The van der Waals surface area contributed by atoms with Gasteiger partial charge in [-0.2, -0.15) is 0 Å². The Bertz CT molecular complexity index is 329. The molecule has 18 heavy (non-hydrogen) atoms. The highest BCUT2D eigenvalue weighted by Crippen LogP contribution is 2.21. The van der Waals surface area contributed by atoms with Crippen LogP contribution in [0, 0.1) is 0 Å². The maximum atomic E-state index is 2.58. The predicted molar refractivity (Wildman–Crippen MR) is 84.6 cm³/mol. The molecular formula is C16H29NSi. The van der Waals surface area contributed by atoms with Crippen molar-refractivity contribution in [2.24, 2.45) is 0 Å². The highest BCUT2D eigenvalue weighted by molar-refractivity contribution is 6.77. The van der Waals surface area contributed by atoms with Gasteiger partial charge in [-0.25, -0.2) is 0 Å². The van der Waals surface area contributed by atoms with Crippen molar-refractivity contribution in [3.05, 3.63) is 35.9 Å². The van der Waals surface area contributed by atoms with Crippen LogP contribution in [0.1, 0.15) is 31.7 Å². The van der Waals surface area contributed by atoms with E-state index in [1.54, 1.807) is 0 Å². The van der Waals surface area contributed by atoms with E-state index in [4.69, 9.17) is 0 Å². The molecule has 0 aliphatic heterocycles. The molecule has 0 bridgehead atoms. The highest BCUT2D eigenvalue weighted by Gasteiger charge is 2.29. The third-order valence-electron chi connectivity index (χ3n) is 3.64. The van der Waals surface area contributed by atoms with Crippen LogP contribution in [0.25, 0.3) is 0 Å². The Kier molecular flexibility index (Phi) is 6.10. The van der Waals surface area contributed by atoms with E-state index >= 15 is 0 Å². The monoisotopic (exact) mass is 263 g/mol. The molecule has 0 heterocycles. The minimum Gasteiger partial charge on any atom is -0.302 e. The molecular weight excluding hydrogens is 234 g/mol. The van der Waals surface area contributed by atoms with E-state index in [0.29, 0.717) is 0 Å². The van der Waals surface area contributed by atoms with E-state index in [0.717, 1.165) is 12.2 Å². The summed E-state index contributed by atoms with van der Waals surface area (Å²) in [4.78, 5) is 2.58.